The number of nitrogens with one attached hydrogen (secondary N) is 1. The van der Waals surface area contributed by atoms with Crippen molar-refractivity contribution in [1.29, 1.82) is 0 Å². The van der Waals surface area contributed by atoms with Gasteiger partial charge < -0.3 is 5.32 Å². The SMILES string of the molecule is O=[N+]([O-])c1ccc2c(c1)CCCC(=S)N2. The van der Waals surface area contributed by atoms with E-state index in [1.54, 1.807) is 12.1 Å². The Kier molecular flexibility index (Phi) is 2.64. The Balaban J connectivity index is 2.40. The molecule has 0 saturated heterocycles. The van der Waals surface area contributed by atoms with Gasteiger partial charge in [0.2, 0.25) is 0 Å². The molecule has 0 spiro atoms. The van der Waals surface area contributed by atoms with E-state index in [9.17, 15) is 10.1 Å². The van der Waals surface area contributed by atoms with Gasteiger partial charge in [0, 0.05) is 17.8 Å². The highest BCUT2D eigenvalue weighted by atomic mass is 32.1. The summed E-state index contributed by atoms with van der Waals surface area (Å²) in [6.45, 7) is 0. The average Bonchev–Trinajstić information content (AvgIpc) is 2.37. The molecule has 1 aliphatic rings. The third-order valence-electron chi connectivity index (χ3n) is 2.42. The molecule has 0 aliphatic carbocycles. The van der Waals surface area contributed by atoms with E-state index in [1.807, 2.05) is 0 Å². The van der Waals surface area contributed by atoms with Crippen LogP contribution in [0, 0.1) is 10.1 Å². The molecular formula is C10H10N2O2S. The van der Waals surface area contributed by atoms with E-state index in [-0.39, 0.29) is 10.6 Å². The molecule has 15 heavy (non-hydrogen) atoms. The molecule has 0 aromatic heterocycles. The van der Waals surface area contributed by atoms with E-state index in [0.717, 1.165) is 35.5 Å². The molecule has 0 fully saturated rings. The van der Waals surface area contributed by atoms with Crippen LogP contribution >= 0.6 is 12.2 Å². The second kappa shape index (κ2) is 3.94. The third-order valence-corrected chi connectivity index (χ3v) is 2.73. The Morgan fingerprint density at radius 3 is 2.93 bits per heavy atom. The Labute approximate surface area is 92.4 Å². The van der Waals surface area contributed by atoms with Crippen molar-refractivity contribution in [1.82, 2.24) is 0 Å². The van der Waals surface area contributed by atoms with Crippen LogP contribution in [0.25, 0.3) is 0 Å². The zero-order valence-electron chi connectivity index (χ0n) is 8.03. The predicted molar refractivity (Wildman–Crippen MR) is 62.3 cm³/mol. The Bertz CT molecular complexity index is 431. The van der Waals surface area contributed by atoms with E-state index in [0.29, 0.717) is 0 Å². The molecule has 1 aromatic carbocycles. The molecule has 0 atom stereocenters. The number of hydrogen-bond acceptors (Lipinski definition) is 3. The Morgan fingerprint density at radius 1 is 1.40 bits per heavy atom. The number of non-ortho nitro benzene ring substituents is 1. The maximum Gasteiger partial charge on any atom is 0.269 e. The number of fused-ring (bicyclic) bond motifs is 1. The van der Waals surface area contributed by atoms with Crippen molar-refractivity contribution >= 4 is 28.6 Å². The maximum atomic E-state index is 10.6. The van der Waals surface area contributed by atoms with Crippen LogP contribution in [0.15, 0.2) is 18.2 Å². The molecule has 0 saturated carbocycles. The van der Waals surface area contributed by atoms with Gasteiger partial charge in [-0.05, 0) is 30.9 Å². The summed E-state index contributed by atoms with van der Waals surface area (Å²) in [5.74, 6) is 0. The van der Waals surface area contributed by atoms with Crippen LogP contribution in [0.2, 0.25) is 0 Å². The smallest absolute Gasteiger partial charge is 0.269 e. The summed E-state index contributed by atoms with van der Waals surface area (Å²) < 4.78 is 0. The highest BCUT2D eigenvalue weighted by Crippen LogP contribution is 2.26. The van der Waals surface area contributed by atoms with Crippen molar-refractivity contribution in [2.24, 2.45) is 0 Å². The van der Waals surface area contributed by atoms with Gasteiger partial charge in [0.15, 0.2) is 0 Å². The van der Waals surface area contributed by atoms with Crippen LogP contribution in [-0.4, -0.2) is 9.91 Å². The van der Waals surface area contributed by atoms with Gasteiger partial charge in [-0.3, -0.25) is 10.1 Å². The highest BCUT2D eigenvalue weighted by Gasteiger charge is 2.14. The fourth-order valence-electron chi connectivity index (χ4n) is 1.67. The first-order valence-electron chi connectivity index (χ1n) is 4.74. The minimum Gasteiger partial charge on any atom is -0.350 e. The number of benzene rings is 1. The number of nitro benzene ring substituents is 1. The molecule has 1 heterocycles. The Morgan fingerprint density at radius 2 is 2.20 bits per heavy atom. The first-order chi connectivity index (χ1) is 7.16. The van der Waals surface area contributed by atoms with E-state index < -0.39 is 0 Å². The van der Waals surface area contributed by atoms with Gasteiger partial charge in [0.05, 0.1) is 9.91 Å². The van der Waals surface area contributed by atoms with Gasteiger partial charge >= 0.3 is 0 Å². The van der Waals surface area contributed by atoms with Crippen LogP contribution in [0.1, 0.15) is 18.4 Å². The molecule has 0 bridgehead atoms. The van der Waals surface area contributed by atoms with Crippen LogP contribution in [0.3, 0.4) is 0 Å². The lowest BCUT2D eigenvalue weighted by Crippen LogP contribution is -2.06. The number of hydrogen-bond donors (Lipinski definition) is 1. The lowest BCUT2D eigenvalue weighted by Gasteiger charge is -2.06. The Hall–Kier alpha value is -1.49. The first-order valence-corrected chi connectivity index (χ1v) is 5.15. The minimum absolute atomic E-state index is 0.142. The lowest BCUT2D eigenvalue weighted by molar-refractivity contribution is -0.384. The zero-order chi connectivity index (χ0) is 10.8. The fourth-order valence-corrected chi connectivity index (χ4v) is 1.93. The second-order valence-electron chi connectivity index (χ2n) is 3.50. The monoisotopic (exact) mass is 222 g/mol. The van der Waals surface area contributed by atoms with Crippen LogP contribution in [0.5, 0.6) is 0 Å². The van der Waals surface area contributed by atoms with E-state index in [2.05, 4.69) is 5.32 Å². The molecule has 0 radical (unpaired) electrons. The molecule has 0 amide bonds. The second-order valence-corrected chi connectivity index (χ2v) is 3.99. The number of thiocarbonyl (C=S) groups is 1. The topological polar surface area (TPSA) is 55.2 Å². The standard InChI is InChI=1S/C10H10N2O2S/c13-12(14)8-4-5-9-7(6-8)2-1-3-10(15)11-9/h4-6H,1-3H2,(H,11,15). The van der Waals surface area contributed by atoms with Crippen LogP contribution < -0.4 is 5.32 Å². The lowest BCUT2D eigenvalue weighted by atomic mass is 10.1. The molecule has 4 nitrogen and oxygen atoms in total. The van der Waals surface area contributed by atoms with E-state index in [4.69, 9.17) is 12.2 Å². The number of nitro groups is 1. The summed E-state index contributed by atoms with van der Waals surface area (Å²) in [5, 5.41) is 13.7. The number of nitrogens with zero attached hydrogens (tertiary/aromatic N) is 1. The molecule has 1 N–H and O–H groups in total. The third kappa shape index (κ3) is 2.12. The molecule has 1 aromatic rings. The first kappa shape index (κ1) is 10.0. The van der Waals surface area contributed by atoms with Crippen molar-refractivity contribution < 1.29 is 4.92 Å². The van der Waals surface area contributed by atoms with Crippen molar-refractivity contribution in [2.45, 2.75) is 19.3 Å². The van der Waals surface area contributed by atoms with E-state index >= 15 is 0 Å². The summed E-state index contributed by atoms with van der Waals surface area (Å²) >= 11 is 5.11. The predicted octanol–water partition coefficient (Wildman–Crippen LogP) is 2.67. The maximum absolute atomic E-state index is 10.6. The highest BCUT2D eigenvalue weighted by molar-refractivity contribution is 7.80. The average molecular weight is 222 g/mol. The molecule has 78 valence electrons. The zero-order valence-corrected chi connectivity index (χ0v) is 8.84. The van der Waals surface area contributed by atoms with Crippen molar-refractivity contribution in [3.63, 3.8) is 0 Å². The summed E-state index contributed by atoms with van der Waals surface area (Å²) in [7, 11) is 0. The number of aryl methyl sites for hydroxylation is 1. The molecule has 5 heteroatoms. The van der Waals surface area contributed by atoms with Crippen molar-refractivity contribution in [2.75, 3.05) is 5.32 Å². The summed E-state index contributed by atoms with van der Waals surface area (Å²) in [6.07, 6.45) is 2.63. The van der Waals surface area contributed by atoms with Gasteiger partial charge in [-0.1, -0.05) is 12.2 Å². The number of anilines is 1. The molecule has 1 aliphatic heterocycles. The molecular weight excluding hydrogens is 212 g/mol. The molecule has 2 rings (SSSR count). The van der Waals surface area contributed by atoms with Crippen molar-refractivity contribution in [3.8, 4) is 0 Å². The summed E-state index contributed by atoms with van der Waals surface area (Å²) in [5.41, 5.74) is 2.02. The normalized spacial score (nSPS) is 15.1. The van der Waals surface area contributed by atoms with Crippen molar-refractivity contribution in [3.05, 3.63) is 33.9 Å². The van der Waals surface area contributed by atoms with Crippen LogP contribution in [0.4, 0.5) is 11.4 Å². The van der Waals surface area contributed by atoms with Crippen LogP contribution in [-0.2, 0) is 6.42 Å². The quantitative estimate of drug-likeness (QED) is 0.451. The molecule has 0 unspecified atom stereocenters. The van der Waals surface area contributed by atoms with Gasteiger partial charge in [-0.2, -0.15) is 0 Å². The van der Waals surface area contributed by atoms with E-state index in [1.165, 1.54) is 6.07 Å². The summed E-state index contributed by atoms with van der Waals surface area (Å²) in [4.78, 5) is 11.0. The van der Waals surface area contributed by atoms with Gasteiger partial charge in [-0.15, -0.1) is 0 Å². The van der Waals surface area contributed by atoms with Gasteiger partial charge in [-0.25, -0.2) is 0 Å². The van der Waals surface area contributed by atoms with Gasteiger partial charge in [0.25, 0.3) is 5.69 Å². The fraction of sp³-hybridized carbons (Fsp3) is 0.300. The largest absolute Gasteiger partial charge is 0.350 e. The van der Waals surface area contributed by atoms with Gasteiger partial charge in [0.1, 0.15) is 0 Å². The minimum atomic E-state index is -0.372. The summed E-state index contributed by atoms with van der Waals surface area (Å²) in [6, 6.07) is 4.85. The number of rotatable bonds is 1.